The topological polar surface area (TPSA) is 58.7 Å². The summed E-state index contributed by atoms with van der Waals surface area (Å²) in [4.78, 5) is 2.39. The molecule has 0 bridgehead atoms. The highest BCUT2D eigenvalue weighted by Gasteiger charge is 2.23. The molecule has 1 aliphatic heterocycles. The number of benzene rings is 1. The summed E-state index contributed by atoms with van der Waals surface area (Å²) >= 11 is 0. The summed E-state index contributed by atoms with van der Waals surface area (Å²) in [5.41, 5.74) is 8.41. The maximum Gasteiger partial charge on any atom is 0.125 e. The fourth-order valence-corrected chi connectivity index (χ4v) is 3.15. The summed E-state index contributed by atoms with van der Waals surface area (Å²) in [5, 5.41) is 9.14. The SMILES string of the molecule is COc1cccc(N2CCCC(CCO)C2)c1[C@@H](C)N. The normalized spacial score (nSPS) is 20.8. The minimum Gasteiger partial charge on any atom is -0.496 e. The number of nitrogens with two attached hydrogens (primary N) is 1. The zero-order valence-corrected chi connectivity index (χ0v) is 12.5. The average Bonchev–Trinajstić information content (AvgIpc) is 2.47. The Kier molecular flexibility index (Phi) is 5.26. The maximum absolute atomic E-state index is 9.14. The standard InChI is InChI=1S/C16H26N2O2/c1-12(17)16-14(6-3-7-15(16)20-2)18-9-4-5-13(11-18)8-10-19/h3,6-7,12-13,19H,4-5,8-11,17H2,1-2H3/t12-,13?/m1/s1. The quantitative estimate of drug-likeness (QED) is 0.868. The minimum absolute atomic E-state index is 0.0561. The summed E-state index contributed by atoms with van der Waals surface area (Å²) < 4.78 is 5.47. The summed E-state index contributed by atoms with van der Waals surface area (Å²) in [6.07, 6.45) is 3.25. The molecule has 112 valence electrons. The Balaban J connectivity index is 2.27. The molecule has 1 aliphatic rings. The third-order valence-corrected chi connectivity index (χ3v) is 4.12. The van der Waals surface area contributed by atoms with Crippen molar-refractivity contribution in [2.24, 2.45) is 11.7 Å². The van der Waals surface area contributed by atoms with Gasteiger partial charge in [-0.3, -0.25) is 0 Å². The van der Waals surface area contributed by atoms with E-state index < -0.39 is 0 Å². The van der Waals surface area contributed by atoms with Gasteiger partial charge in [0.1, 0.15) is 5.75 Å². The van der Waals surface area contributed by atoms with Crippen LogP contribution in [0.5, 0.6) is 5.75 Å². The number of rotatable bonds is 5. The van der Waals surface area contributed by atoms with Crippen LogP contribution in [0.4, 0.5) is 5.69 Å². The molecule has 0 saturated carbocycles. The Hall–Kier alpha value is -1.26. The van der Waals surface area contributed by atoms with E-state index in [9.17, 15) is 0 Å². The molecule has 3 N–H and O–H groups in total. The van der Waals surface area contributed by atoms with Crippen molar-refractivity contribution < 1.29 is 9.84 Å². The van der Waals surface area contributed by atoms with Gasteiger partial charge in [-0.2, -0.15) is 0 Å². The molecule has 4 nitrogen and oxygen atoms in total. The maximum atomic E-state index is 9.14. The van der Waals surface area contributed by atoms with Gasteiger partial charge in [-0.25, -0.2) is 0 Å². The molecule has 1 saturated heterocycles. The van der Waals surface area contributed by atoms with Crippen molar-refractivity contribution in [2.75, 3.05) is 31.7 Å². The van der Waals surface area contributed by atoms with Crippen LogP contribution in [-0.2, 0) is 0 Å². The lowest BCUT2D eigenvalue weighted by Gasteiger charge is -2.36. The molecule has 1 fully saturated rings. The Morgan fingerprint density at radius 3 is 2.95 bits per heavy atom. The highest BCUT2D eigenvalue weighted by Crippen LogP contribution is 2.35. The minimum atomic E-state index is -0.0561. The lowest BCUT2D eigenvalue weighted by Crippen LogP contribution is -2.36. The summed E-state index contributed by atoms with van der Waals surface area (Å²) in [6, 6.07) is 6.06. The van der Waals surface area contributed by atoms with Crippen LogP contribution in [0.3, 0.4) is 0 Å². The van der Waals surface area contributed by atoms with E-state index in [-0.39, 0.29) is 12.6 Å². The first-order valence-electron chi connectivity index (χ1n) is 7.45. The fraction of sp³-hybridized carbons (Fsp3) is 0.625. The smallest absolute Gasteiger partial charge is 0.125 e. The van der Waals surface area contributed by atoms with Gasteiger partial charge in [-0.15, -0.1) is 0 Å². The second-order valence-corrected chi connectivity index (χ2v) is 5.65. The number of methoxy groups -OCH3 is 1. The number of nitrogens with zero attached hydrogens (tertiary/aromatic N) is 1. The Labute approximate surface area is 121 Å². The number of aliphatic hydroxyl groups excluding tert-OH is 1. The molecule has 1 aromatic carbocycles. The largest absolute Gasteiger partial charge is 0.496 e. The van der Waals surface area contributed by atoms with Crippen molar-refractivity contribution in [1.82, 2.24) is 0 Å². The van der Waals surface area contributed by atoms with Crippen LogP contribution < -0.4 is 15.4 Å². The van der Waals surface area contributed by atoms with E-state index in [4.69, 9.17) is 15.6 Å². The molecule has 0 spiro atoms. The second-order valence-electron chi connectivity index (χ2n) is 5.65. The molecule has 0 amide bonds. The van der Waals surface area contributed by atoms with E-state index in [0.717, 1.165) is 30.8 Å². The molecule has 4 heteroatoms. The van der Waals surface area contributed by atoms with Crippen LogP contribution in [0.25, 0.3) is 0 Å². The van der Waals surface area contributed by atoms with E-state index in [1.165, 1.54) is 18.5 Å². The van der Waals surface area contributed by atoms with Gasteiger partial charge in [0.2, 0.25) is 0 Å². The monoisotopic (exact) mass is 278 g/mol. The van der Waals surface area contributed by atoms with Crippen molar-refractivity contribution in [2.45, 2.75) is 32.2 Å². The van der Waals surface area contributed by atoms with Gasteiger partial charge in [0.25, 0.3) is 0 Å². The molecule has 2 rings (SSSR count). The predicted octanol–water partition coefficient (Wildman–Crippen LogP) is 2.31. The van der Waals surface area contributed by atoms with Crippen LogP contribution >= 0.6 is 0 Å². The van der Waals surface area contributed by atoms with Gasteiger partial charge in [0.05, 0.1) is 7.11 Å². The van der Waals surface area contributed by atoms with E-state index in [2.05, 4.69) is 11.0 Å². The van der Waals surface area contributed by atoms with Crippen LogP contribution in [0.1, 0.15) is 37.8 Å². The molecule has 1 unspecified atom stereocenters. The number of ether oxygens (including phenoxy) is 1. The summed E-state index contributed by atoms with van der Waals surface area (Å²) in [7, 11) is 1.69. The summed E-state index contributed by atoms with van der Waals surface area (Å²) in [6.45, 7) is 4.32. The molecule has 1 heterocycles. The highest BCUT2D eigenvalue weighted by atomic mass is 16.5. The lowest BCUT2D eigenvalue weighted by molar-refractivity contribution is 0.244. The molecular formula is C16H26N2O2. The number of hydrogen-bond acceptors (Lipinski definition) is 4. The lowest BCUT2D eigenvalue weighted by atomic mass is 9.93. The van der Waals surface area contributed by atoms with Gasteiger partial charge in [0, 0.05) is 37.0 Å². The van der Waals surface area contributed by atoms with E-state index in [1.807, 2.05) is 19.1 Å². The first kappa shape index (κ1) is 15.1. The van der Waals surface area contributed by atoms with Gasteiger partial charge in [-0.05, 0) is 44.2 Å². The fourth-order valence-electron chi connectivity index (χ4n) is 3.15. The van der Waals surface area contributed by atoms with Crippen LogP contribution in [-0.4, -0.2) is 31.9 Å². The third kappa shape index (κ3) is 3.25. The molecular weight excluding hydrogens is 252 g/mol. The van der Waals surface area contributed by atoms with E-state index in [0.29, 0.717) is 5.92 Å². The number of aliphatic hydroxyl groups is 1. The molecule has 0 aliphatic carbocycles. The second kappa shape index (κ2) is 6.95. The first-order chi connectivity index (χ1) is 9.67. The van der Waals surface area contributed by atoms with Gasteiger partial charge < -0.3 is 20.5 Å². The van der Waals surface area contributed by atoms with Crippen molar-refractivity contribution >= 4 is 5.69 Å². The molecule has 1 aromatic rings. The van der Waals surface area contributed by atoms with Gasteiger partial charge >= 0.3 is 0 Å². The Bertz CT molecular complexity index is 432. The molecule has 20 heavy (non-hydrogen) atoms. The third-order valence-electron chi connectivity index (χ3n) is 4.12. The number of anilines is 1. The molecule has 0 aromatic heterocycles. The van der Waals surface area contributed by atoms with Crippen LogP contribution in [0.2, 0.25) is 0 Å². The first-order valence-corrected chi connectivity index (χ1v) is 7.45. The number of piperidine rings is 1. The van der Waals surface area contributed by atoms with Crippen molar-refractivity contribution in [3.8, 4) is 5.75 Å². The van der Waals surface area contributed by atoms with Gasteiger partial charge in [0.15, 0.2) is 0 Å². The van der Waals surface area contributed by atoms with E-state index in [1.54, 1.807) is 7.11 Å². The van der Waals surface area contributed by atoms with Crippen molar-refractivity contribution in [3.05, 3.63) is 23.8 Å². The molecule has 2 atom stereocenters. The zero-order valence-electron chi connectivity index (χ0n) is 12.5. The zero-order chi connectivity index (χ0) is 14.5. The number of hydrogen-bond donors (Lipinski definition) is 2. The van der Waals surface area contributed by atoms with Gasteiger partial charge in [-0.1, -0.05) is 6.07 Å². The van der Waals surface area contributed by atoms with E-state index >= 15 is 0 Å². The Morgan fingerprint density at radius 1 is 1.50 bits per heavy atom. The molecule has 0 radical (unpaired) electrons. The van der Waals surface area contributed by atoms with Crippen molar-refractivity contribution in [3.63, 3.8) is 0 Å². The average molecular weight is 278 g/mol. The Morgan fingerprint density at radius 2 is 2.30 bits per heavy atom. The highest BCUT2D eigenvalue weighted by molar-refractivity contribution is 5.61. The van der Waals surface area contributed by atoms with Crippen LogP contribution in [0.15, 0.2) is 18.2 Å². The van der Waals surface area contributed by atoms with Crippen LogP contribution in [0, 0.1) is 5.92 Å². The van der Waals surface area contributed by atoms with Crippen molar-refractivity contribution in [1.29, 1.82) is 0 Å². The summed E-state index contributed by atoms with van der Waals surface area (Å²) in [5.74, 6) is 1.43. The predicted molar refractivity (Wildman–Crippen MR) is 82.2 cm³/mol.